The van der Waals surface area contributed by atoms with E-state index < -0.39 is 5.54 Å². The summed E-state index contributed by atoms with van der Waals surface area (Å²) in [6, 6.07) is 5.97. The molecule has 0 atom stereocenters. The van der Waals surface area contributed by atoms with Crippen molar-refractivity contribution in [3.05, 3.63) is 47.1 Å². The van der Waals surface area contributed by atoms with Gasteiger partial charge in [-0.1, -0.05) is 11.6 Å². The largest absolute Gasteiger partial charge is 0.319 e. The van der Waals surface area contributed by atoms with Crippen LogP contribution >= 0.6 is 11.6 Å². The van der Waals surface area contributed by atoms with E-state index >= 15 is 0 Å². The van der Waals surface area contributed by atoms with Crippen molar-refractivity contribution in [1.82, 2.24) is 9.97 Å². The molecule has 0 aliphatic carbocycles. The van der Waals surface area contributed by atoms with Crippen molar-refractivity contribution >= 4 is 11.6 Å². The molecular formula is C13H13ClFN3. The first-order chi connectivity index (χ1) is 8.38. The number of aromatic nitrogens is 2. The van der Waals surface area contributed by atoms with Crippen molar-refractivity contribution in [1.29, 1.82) is 0 Å². The van der Waals surface area contributed by atoms with Crippen molar-refractivity contribution in [3.63, 3.8) is 0 Å². The van der Waals surface area contributed by atoms with Crippen LogP contribution in [0.1, 0.15) is 19.7 Å². The number of halogens is 2. The molecule has 2 rings (SSSR count). The molecule has 2 N–H and O–H groups in total. The molecule has 0 fully saturated rings. The fourth-order valence-electron chi connectivity index (χ4n) is 1.51. The molecule has 2 aromatic rings. The third-order valence-corrected chi connectivity index (χ3v) is 2.67. The van der Waals surface area contributed by atoms with Crippen LogP contribution in [0.25, 0.3) is 11.3 Å². The van der Waals surface area contributed by atoms with Gasteiger partial charge in [-0.15, -0.1) is 0 Å². The molecule has 0 spiro atoms. The Morgan fingerprint density at radius 1 is 1.28 bits per heavy atom. The van der Waals surface area contributed by atoms with Gasteiger partial charge < -0.3 is 5.73 Å². The first-order valence-electron chi connectivity index (χ1n) is 5.46. The molecule has 0 aliphatic rings. The highest BCUT2D eigenvalue weighted by molar-refractivity contribution is 6.30. The summed E-state index contributed by atoms with van der Waals surface area (Å²) in [4.78, 5) is 8.38. The summed E-state index contributed by atoms with van der Waals surface area (Å²) in [5.74, 6) is 0.0817. The summed E-state index contributed by atoms with van der Waals surface area (Å²) in [7, 11) is 0. The molecule has 0 saturated heterocycles. The van der Waals surface area contributed by atoms with Crippen LogP contribution in [-0.2, 0) is 5.54 Å². The van der Waals surface area contributed by atoms with Crippen LogP contribution in [0, 0.1) is 5.82 Å². The first kappa shape index (κ1) is 12.9. The quantitative estimate of drug-likeness (QED) is 0.908. The van der Waals surface area contributed by atoms with Crippen molar-refractivity contribution in [2.24, 2.45) is 5.73 Å². The second-order valence-electron chi connectivity index (χ2n) is 4.61. The van der Waals surface area contributed by atoms with Crippen molar-refractivity contribution in [3.8, 4) is 11.3 Å². The Kier molecular flexibility index (Phi) is 3.32. The standard InChI is InChI=1S/C13H13ClFN3/c1-13(2,16)12-17-6-5-11(18-12)9-7-8(14)3-4-10(9)15/h3-7H,16H2,1-2H3. The summed E-state index contributed by atoms with van der Waals surface area (Å²) >= 11 is 5.86. The zero-order valence-corrected chi connectivity index (χ0v) is 10.9. The van der Waals surface area contributed by atoms with E-state index in [9.17, 15) is 4.39 Å². The van der Waals surface area contributed by atoms with Gasteiger partial charge in [0.25, 0.3) is 0 Å². The minimum atomic E-state index is -0.676. The number of nitrogens with two attached hydrogens (primary N) is 1. The lowest BCUT2D eigenvalue weighted by Gasteiger charge is -2.17. The van der Waals surface area contributed by atoms with E-state index in [0.29, 0.717) is 22.1 Å². The van der Waals surface area contributed by atoms with Gasteiger partial charge in [0, 0.05) is 16.8 Å². The smallest absolute Gasteiger partial charge is 0.148 e. The van der Waals surface area contributed by atoms with Crippen molar-refractivity contribution in [2.45, 2.75) is 19.4 Å². The molecule has 0 unspecified atom stereocenters. The van der Waals surface area contributed by atoms with E-state index in [1.54, 1.807) is 26.1 Å². The molecule has 1 aromatic carbocycles. The van der Waals surface area contributed by atoms with Gasteiger partial charge >= 0.3 is 0 Å². The average Bonchev–Trinajstić information content (AvgIpc) is 2.31. The molecule has 94 valence electrons. The Labute approximate surface area is 110 Å². The first-order valence-corrected chi connectivity index (χ1v) is 5.83. The van der Waals surface area contributed by atoms with Gasteiger partial charge in [0.15, 0.2) is 0 Å². The Morgan fingerprint density at radius 3 is 2.67 bits per heavy atom. The van der Waals surface area contributed by atoms with Gasteiger partial charge in [0.05, 0.1) is 11.2 Å². The zero-order chi connectivity index (χ0) is 13.3. The Hall–Kier alpha value is -1.52. The summed E-state index contributed by atoms with van der Waals surface area (Å²) < 4.78 is 13.7. The van der Waals surface area contributed by atoms with E-state index in [4.69, 9.17) is 17.3 Å². The van der Waals surface area contributed by atoms with Gasteiger partial charge in [0.2, 0.25) is 0 Å². The highest BCUT2D eigenvalue weighted by atomic mass is 35.5. The van der Waals surface area contributed by atoms with Crippen LogP contribution in [0.15, 0.2) is 30.5 Å². The highest BCUT2D eigenvalue weighted by Gasteiger charge is 2.19. The number of rotatable bonds is 2. The van der Waals surface area contributed by atoms with Crippen LogP contribution in [0.2, 0.25) is 5.02 Å². The molecule has 0 aliphatic heterocycles. The van der Waals surface area contributed by atoms with E-state index in [-0.39, 0.29) is 5.82 Å². The maximum atomic E-state index is 13.7. The topological polar surface area (TPSA) is 51.8 Å². The van der Waals surface area contributed by atoms with Crippen LogP contribution in [-0.4, -0.2) is 9.97 Å². The third-order valence-electron chi connectivity index (χ3n) is 2.44. The second kappa shape index (κ2) is 4.63. The molecule has 0 saturated carbocycles. The number of hydrogen-bond acceptors (Lipinski definition) is 3. The number of benzene rings is 1. The summed E-state index contributed by atoms with van der Waals surface area (Å²) in [6.07, 6.45) is 1.56. The SMILES string of the molecule is CC(C)(N)c1nccc(-c2cc(Cl)ccc2F)n1. The normalized spacial score (nSPS) is 11.6. The predicted molar refractivity (Wildman–Crippen MR) is 69.6 cm³/mol. The van der Waals surface area contributed by atoms with E-state index in [1.165, 1.54) is 18.2 Å². The maximum Gasteiger partial charge on any atom is 0.148 e. The monoisotopic (exact) mass is 265 g/mol. The minimum absolute atomic E-state index is 0.343. The lowest BCUT2D eigenvalue weighted by Crippen LogP contribution is -2.31. The summed E-state index contributed by atoms with van der Waals surface area (Å²) in [5, 5.41) is 0.457. The number of hydrogen-bond donors (Lipinski definition) is 1. The van der Waals surface area contributed by atoms with Gasteiger partial charge in [-0.05, 0) is 38.1 Å². The second-order valence-corrected chi connectivity index (χ2v) is 5.05. The highest BCUT2D eigenvalue weighted by Crippen LogP contribution is 2.25. The number of nitrogens with zero attached hydrogens (tertiary/aromatic N) is 2. The summed E-state index contributed by atoms with van der Waals surface area (Å²) in [5.41, 5.74) is 6.07. The van der Waals surface area contributed by atoms with Crippen LogP contribution in [0.3, 0.4) is 0 Å². The average molecular weight is 266 g/mol. The fourth-order valence-corrected chi connectivity index (χ4v) is 1.69. The van der Waals surface area contributed by atoms with Crippen molar-refractivity contribution in [2.75, 3.05) is 0 Å². The van der Waals surface area contributed by atoms with Gasteiger partial charge in [-0.3, -0.25) is 0 Å². The molecule has 18 heavy (non-hydrogen) atoms. The van der Waals surface area contributed by atoms with Gasteiger partial charge in [-0.2, -0.15) is 0 Å². The molecule has 5 heteroatoms. The van der Waals surface area contributed by atoms with Crippen LogP contribution in [0.4, 0.5) is 4.39 Å². The third kappa shape index (κ3) is 2.66. The maximum absolute atomic E-state index is 13.7. The van der Waals surface area contributed by atoms with Crippen LogP contribution < -0.4 is 5.73 Å². The van der Waals surface area contributed by atoms with E-state index in [0.717, 1.165) is 0 Å². The molecule has 0 bridgehead atoms. The zero-order valence-electron chi connectivity index (χ0n) is 10.1. The molecule has 1 heterocycles. The Bertz CT molecular complexity index is 579. The summed E-state index contributed by atoms with van der Waals surface area (Å²) in [6.45, 7) is 3.58. The lowest BCUT2D eigenvalue weighted by atomic mass is 10.1. The van der Waals surface area contributed by atoms with Crippen LogP contribution in [0.5, 0.6) is 0 Å². The van der Waals surface area contributed by atoms with E-state index in [2.05, 4.69) is 9.97 Å². The van der Waals surface area contributed by atoms with E-state index in [1.807, 2.05) is 0 Å². The predicted octanol–water partition coefficient (Wildman–Crippen LogP) is 3.13. The molecule has 3 nitrogen and oxygen atoms in total. The minimum Gasteiger partial charge on any atom is -0.319 e. The van der Waals surface area contributed by atoms with Crippen molar-refractivity contribution < 1.29 is 4.39 Å². The van der Waals surface area contributed by atoms with Gasteiger partial charge in [-0.25, -0.2) is 14.4 Å². The molecule has 1 aromatic heterocycles. The molecule has 0 amide bonds. The Balaban J connectivity index is 2.55. The fraction of sp³-hybridized carbons (Fsp3) is 0.231. The Morgan fingerprint density at radius 2 is 2.00 bits per heavy atom. The molecular weight excluding hydrogens is 253 g/mol. The lowest BCUT2D eigenvalue weighted by molar-refractivity contribution is 0.514. The molecule has 0 radical (unpaired) electrons. The van der Waals surface area contributed by atoms with Gasteiger partial charge in [0.1, 0.15) is 11.6 Å².